The third kappa shape index (κ3) is 4.33. The van der Waals surface area contributed by atoms with Crippen LogP contribution in [0.1, 0.15) is 26.3 Å². The topological polar surface area (TPSA) is 42.7 Å². The predicted octanol–water partition coefficient (Wildman–Crippen LogP) is 3.62. The van der Waals surface area contributed by atoms with Crippen molar-refractivity contribution in [3.05, 3.63) is 34.6 Å². The van der Waals surface area contributed by atoms with Gasteiger partial charge in [0.2, 0.25) is 0 Å². The normalized spacial score (nSPS) is 11.8. The average Bonchev–Trinajstić information content (AvgIpc) is 2.75. The van der Waals surface area contributed by atoms with Crippen molar-refractivity contribution in [3.63, 3.8) is 0 Å². The molecule has 108 valence electrons. The Morgan fingerprint density at radius 1 is 1.35 bits per heavy atom. The quantitative estimate of drug-likeness (QED) is 0.910. The molecule has 6 heteroatoms. The number of aryl methyl sites for hydroxylation is 1. The first kappa shape index (κ1) is 15.5. The summed E-state index contributed by atoms with van der Waals surface area (Å²) in [5.41, 5.74) is 1.38. The molecule has 4 nitrogen and oxygen atoms in total. The van der Waals surface area contributed by atoms with Gasteiger partial charge in [0.1, 0.15) is 6.33 Å². The van der Waals surface area contributed by atoms with Gasteiger partial charge in [0.05, 0.1) is 0 Å². The van der Waals surface area contributed by atoms with Crippen molar-refractivity contribution in [2.24, 2.45) is 7.05 Å². The minimum Gasteiger partial charge on any atom is -0.308 e. The van der Waals surface area contributed by atoms with Crippen molar-refractivity contribution in [1.29, 1.82) is 0 Å². The van der Waals surface area contributed by atoms with Crippen molar-refractivity contribution in [3.8, 4) is 0 Å². The first-order valence-corrected chi connectivity index (χ1v) is 8.01. The number of hydrogen-bond acceptors (Lipinski definition) is 4. The van der Waals surface area contributed by atoms with E-state index in [1.54, 1.807) is 22.8 Å². The molecule has 1 aromatic carbocycles. The van der Waals surface area contributed by atoms with Gasteiger partial charge in [-0.25, -0.2) is 9.67 Å². The highest BCUT2D eigenvalue weighted by molar-refractivity contribution is 9.10. The van der Waals surface area contributed by atoms with Crippen molar-refractivity contribution in [2.45, 2.75) is 42.9 Å². The highest BCUT2D eigenvalue weighted by atomic mass is 79.9. The molecule has 0 aliphatic rings. The third-order valence-electron chi connectivity index (χ3n) is 2.69. The zero-order valence-corrected chi connectivity index (χ0v) is 14.5. The molecule has 0 saturated heterocycles. The van der Waals surface area contributed by atoms with Crippen LogP contribution in [0.3, 0.4) is 0 Å². The smallest absolute Gasteiger partial charge is 0.190 e. The van der Waals surface area contributed by atoms with E-state index in [2.05, 4.69) is 70.3 Å². The molecule has 1 N–H and O–H groups in total. The highest BCUT2D eigenvalue weighted by Gasteiger charge is 2.10. The van der Waals surface area contributed by atoms with E-state index in [-0.39, 0.29) is 5.54 Å². The Hall–Kier alpha value is -0.850. The first-order chi connectivity index (χ1) is 9.35. The predicted molar refractivity (Wildman–Crippen MR) is 85.9 cm³/mol. The van der Waals surface area contributed by atoms with Gasteiger partial charge in [-0.2, -0.15) is 5.10 Å². The van der Waals surface area contributed by atoms with Crippen LogP contribution in [-0.4, -0.2) is 20.3 Å². The summed E-state index contributed by atoms with van der Waals surface area (Å²) in [7, 11) is 1.89. The van der Waals surface area contributed by atoms with Gasteiger partial charge in [0, 0.05) is 28.5 Å². The van der Waals surface area contributed by atoms with Crippen LogP contribution in [0.5, 0.6) is 0 Å². The number of rotatable bonds is 4. The van der Waals surface area contributed by atoms with Crippen molar-refractivity contribution in [1.82, 2.24) is 20.1 Å². The minimum absolute atomic E-state index is 0.124. The maximum absolute atomic E-state index is 4.22. The summed E-state index contributed by atoms with van der Waals surface area (Å²) in [5.74, 6) is 0. The molecule has 0 unspecified atom stereocenters. The number of halogens is 1. The Morgan fingerprint density at radius 3 is 2.65 bits per heavy atom. The number of benzene rings is 1. The zero-order valence-electron chi connectivity index (χ0n) is 12.1. The van der Waals surface area contributed by atoms with Crippen LogP contribution in [-0.2, 0) is 13.6 Å². The van der Waals surface area contributed by atoms with Crippen LogP contribution in [0.2, 0.25) is 0 Å². The molecule has 1 aromatic heterocycles. The van der Waals surface area contributed by atoms with Crippen LogP contribution < -0.4 is 5.32 Å². The number of nitrogens with one attached hydrogen (secondary N) is 1. The molecule has 0 aliphatic heterocycles. The van der Waals surface area contributed by atoms with Crippen molar-refractivity contribution in [2.75, 3.05) is 0 Å². The second-order valence-corrected chi connectivity index (χ2v) is 7.50. The lowest BCUT2D eigenvalue weighted by atomic mass is 10.1. The SMILES string of the molecule is Cn1ncnc1Sc1ccc(CNC(C)(C)C)cc1Br. The average molecular weight is 355 g/mol. The summed E-state index contributed by atoms with van der Waals surface area (Å²) < 4.78 is 2.85. The van der Waals surface area contributed by atoms with Crippen LogP contribution >= 0.6 is 27.7 Å². The van der Waals surface area contributed by atoms with Crippen molar-refractivity contribution < 1.29 is 0 Å². The molecular weight excluding hydrogens is 336 g/mol. The standard InChI is InChI=1S/C14H19BrN4S/c1-14(2,3)17-8-10-5-6-12(11(15)7-10)20-13-16-9-18-19(13)4/h5-7,9,17H,8H2,1-4H3. The monoisotopic (exact) mass is 354 g/mol. The van der Waals surface area contributed by atoms with Gasteiger partial charge in [0.15, 0.2) is 5.16 Å². The fourth-order valence-corrected chi connectivity index (χ4v) is 3.02. The molecule has 0 radical (unpaired) electrons. The van der Waals surface area contributed by atoms with Crippen molar-refractivity contribution >= 4 is 27.7 Å². The summed E-state index contributed by atoms with van der Waals surface area (Å²) in [6.45, 7) is 7.36. The van der Waals surface area contributed by atoms with Crippen LogP contribution in [0.15, 0.2) is 39.1 Å². The van der Waals surface area contributed by atoms with Gasteiger partial charge < -0.3 is 5.32 Å². The van der Waals surface area contributed by atoms with E-state index in [9.17, 15) is 0 Å². The highest BCUT2D eigenvalue weighted by Crippen LogP contribution is 2.32. The molecule has 20 heavy (non-hydrogen) atoms. The maximum Gasteiger partial charge on any atom is 0.190 e. The molecule has 0 fully saturated rings. The molecule has 0 spiro atoms. The summed E-state index contributed by atoms with van der Waals surface area (Å²) >= 11 is 5.23. The molecule has 0 bridgehead atoms. The minimum atomic E-state index is 0.124. The van der Waals surface area contributed by atoms with Gasteiger partial charge in [-0.3, -0.25) is 0 Å². The zero-order chi connectivity index (χ0) is 14.8. The Kier molecular flexibility index (Phi) is 4.88. The summed E-state index contributed by atoms with van der Waals surface area (Å²) in [6, 6.07) is 6.41. The largest absolute Gasteiger partial charge is 0.308 e. The molecule has 0 saturated carbocycles. The summed E-state index contributed by atoms with van der Waals surface area (Å²) in [5, 5.41) is 8.44. The maximum atomic E-state index is 4.22. The molecule has 2 rings (SSSR count). The van der Waals surface area contributed by atoms with E-state index in [1.807, 2.05) is 7.05 Å². The van der Waals surface area contributed by atoms with E-state index >= 15 is 0 Å². The number of aromatic nitrogens is 3. The lowest BCUT2D eigenvalue weighted by Crippen LogP contribution is -2.35. The van der Waals surface area contributed by atoms with E-state index < -0.39 is 0 Å². The number of hydrogen-bond donors (Lipinski definition) is 1. The number of nitrogens with zero attached hydrogens (tertiary/aromatic N) is 3. The lowest BCUT2D eigenvalue weighted by molar-refractivity contribution is 0.424. The van der Waals surface area contributed by atoms with E-state index in [4.69, 9.17) is 0 Å². The third-order valence-corrected chi connectivity index (χ3v) is 4.74. The summed E-state index contributed by atoms with van der Waals surface area (Å²) in [6.07, 6.45) is 1.57. The Balaban J connectivity index is 2.08. The molecule has 0 atom stereocenters. The van der Waals surface area contributed by atoms with Crippen LogP contribution in [0.4, 0.5) is 0 Å². The van der Waals surface area contributed by atoms with E-state index in [1.165, 1.54) is 5.56 Å². The van der Waals surface area contributed by atoms with Crippen LogP contribution in [0, 0.1) is 0 Å². The van der Waals surface area contributed by atoms with Crippen LogP contribution in [0.25, 0.3) is 0 Å². The molecule has 2 aromatic rings. The van der Waals surface area contributed by atoms with Gasteiger partial charge in [-0.15, -0.1) is 0 Å². The van der Waals surface area contributed by atoms with Gasteiger partial charge in [-0.1, -0.05) is 6.07 Å². The summed E-state index contributed by atoms with van der Waals surface area (Å²) in [4.78, 5) is 5.36. The van der Waals surface area contributed by atoms with Gasteiger partial charge in [-0.05, 0) is 66.2 Å². The van der Waals surface area contributed by atoms with Gasteiger partial charge >= 0.3 is 0 Å². The Morgan fingerprint density at radius 2 is 2.10 bits per heavy atom. The first-order valence-electron chi connectivity index (χ1n) is 6.40. The molecule has 0 aliphatic carbocycles. The Bertz CT molecular complexity index is 589. The fourth-order valence-electron chi connectivity index (χ4n) is 1.58. The molecule has 0 amide bonds. The molecular formula is C14H19BrN4S. The van der Waals surface area contributed by atoms with E-state index in [0.29, 0.717) is 0 Å². The molecule has 1 heterocycles. The van der Waals surface area contributed by atoms with E-state index in [0.717, 1.165) is 21.1 Å². The van der Waals surface area contributed by atoms with Gasteiger partial charge in [0.25, 0.3) is 0 Å². The second kappa shape index (κ2) is 6.28. The second-order valence-electron chi connectivity index (χ2n) is 5.64. The lowest BCUT2D eigenvalue weighted by Gasteiger charge is -2.20. The Labute approximate surface area is 132 Å². The fraction of sp³-hybridized carbons (Fsp3) is 0.429.